The highest BCUT2D eigenvalue weighted by molar-refractivity contribution is 6.30. The minimum absolute atomic E-state index is 0.0171. The fraction of sp³-hybridized carbons (Fsp3) is 0.533. The van der Waals surface area contributed by atoms with Crippen LogP contribution in [0.5, 0.6) is 0 Å². The molecule has 0 unspecified atom stereocenters. The second kappa shape index (κ2) is 7.04. The quantitative estimate of drug-likeness (QED) is 0.927. The van der Waals surface area contributed by atoms with Crippen molar-refractivity contribution in [1.29, 1.82) is 0 Å². The number of likely N-dealkylation sites (tertiary alicyclic amines) is 1. The summed E-state index contributed by atoms with van der Waals surface area (Å²) in [5, 5.41) is 3.18. The standard InChI is InChI=1S/C15H20ClFN2O/c1-2-19-7-5-11(6-8-19)10-18-15(20)13-9-12(16)3-4-14(13)17/h3-4,9,11H,2,5-8,10H2,1H3,(H,18,20). The number of hydrogen-bond acceptors (Lipinski definition) is 2. The van der Waals surface area contributed by atoms with Gasteiger partial charge in [-0.25, -0.2) is 4.39 Å². The van der Waals surface area contributed by atoms with Crippen LogP contribution < -0.4 is 5.32 Å². The maximum Gasteiger partial charge on any atom is 0.254 e. The van der Waals surface area contributed by atoms with Crippen molar-refractivity contribution in [1.82, 2.24) is 10.2 Å². The van der Waals surface area contributed by atoms with Crippen LogP contribution in [-0.4, -0.2) is 37.0 Å². The molecule has 0 bridgehead atoms. The molecule has 110 valence electrons. The van der Waals surface area contributed by atoms with Crippen molar-refractivity contribution < 1.29 is 9.18 Å². The first kappa shape index (κ1) is 15.3. The highest BCUT2D eigenvalue weighted by Crippen LogP contribution is 2.17. The fourth-order valence-corrected chi connectivity index (χ4v) is 2.68. The average Bonchev–Trinajstić information content (AvgIpc) is 2.47. The van der Waals surface area contributed by atoms with Crippen molar-refractivity contribution in [3.05, 3.63) is 34.6 Å². The molecule has 0 spiro atoms. The molecule has 1 saturated heterocycles. The molecular weight excluding hydrogens is 279 g/mol. The Morgan fingerprint density at radius 2 is 2.15 bits per heavy atom. The van der Waals surface area contributed by atoms with Crippen LogP contribution >= 0.6 is 11.6 Å². The summed E-state index contributed by atoms with van der Waals surface area (Å²) in [5.41, 5.74) is 0.0171. The Bertz CT molecular complexity index is 473. The minimum atomic E-state index is -0.535. The Hall–Kier alpha value is -1.13. The molecule has 0 radical (unpaired) electrons. The van der Waals surface area contributed by atoms with Crippen LogP contribution in [0.3, 0.4) is 0 Å². The first-order valence-corrected chi connectivity index (χ1v) is 7.43. The summed E-state index contributed by atoms with van der Waals surface area (Å²) < 4.78 is 13.6. The summed E-state index contributed by atoms with van der Waals surface area (Å²) >= 11 is 5.79. The molecule has 1 N–H and O–H groups in total. The van der Waals surface area contributed by atoms with Crippen molar-refractivity contribution in [3.8, 4) is 0 Å². The zero-order chi connectivity index (χ0) is 14.5. The van der Waals surface area contributed by atoms with E-state index in [1.165, 1.54) is 18.2 Å². The summed E-state index contributed by atoms with van der Waals surface area (Å²) in [4.78, 5) is 14.4. The number of amides is 1. The van der Waals surface area contributed by atoms with Gasteiger partial charge in [-0.3, -0.25) is 4.79 Å². The van der Waals surface area contributed by atoms with Gasteiger partial charge >= 0.3 is 0 Å². The zero-order valence-electron chi connectivity index (χ0n) is 11.7. The Labute approximate surface area is 124 Å². The lowest BCUT2D eigenvalue weighted by molar-refractivity contribution is 0.0933. The van der Waals surface area contributed by atoms with Crippen molar-refractivity contribution in [2.45, 2.75) is 19.8 Å². The monoisotopic (exact) mass is 298 g/mol. The average molecular weight is 299 g/mol. The van der Waals surface area contributed by atoms with Crippen molar-refractivity contribution in [3.63, 3.8) is 0 Å². The van der Waals surface area contributed by atoms with E-state index in [4.69, 9.17) is 11.6 Å². The summed E-state index contributed by atoms with van der Waals surface area (Å²) in [5.74, 6) is -0.445. The molecule has 1 aromatic carbocycles. The SMILES string of the molecule is CCN1CCC(CNC(=O)c2cc(Cl)ccc2F)CC1. The Kier molecular flexibility index (Phi) is 5.38. The van der Waals surface area contributed by atoms with Crippen LogP contribution in [0.15, 0.2) is 18.2 Å². The van der Waals surface area contributed by atoms with Crippen LogP contribution in [0.2, 0.25) is 5.02 Å². The van der Waals surface area contributed by atoms with E-state index in [-0.39, 0.29) is 11.5 Å². The van der Waals surface area contributed by atoms with Gasteiger partial charge in [0.2, 0.25) is 0 Å². The predicted molar refractivity (Wildman–Crippen MR) is 78.6 cm³/mol. The van der Waals surface area contributed by atoms with Gasteiger partial charge in [0.15, 0.2) is 0 Å². The molecular formula is C15H20ClFN2O. The molecule has 1 heterocycles. The molecule has 0 aromatic heterocycles. The topological polar surface area (TPSA) is 32.3 Å². The molecule has 20 heavy (non-hydrogen) atoms. The third kappa shape index (κ3) is 3.93. The van der Waals surface area contributed by atoms with Crippen molar-refractivity contribution in [2.24, 2.45) is 5.92 Å². The molecule has 1 aliphatic heterocycles. The summed E-state index contributed by atoms with van der Waals surface area (Å²) in [7, 11) is 0. The van der Waals surface area contributed by atoms with E-state index in [0.29, 0.717) is 17.5 Å². The number of carbonyl (C=O) groups excluding carboxylic acids is 1. The van der Waals surface area contributed by atoms with E-state index in [0.717, 1.165) is 32.5 Å². The van der Waals surface area contributed by atoms with Gasteiger partial charge in [-0.15, -0.1) is 0 Å². The molecule has 1 aromatic rings. The van der Waals surface area contributed by atoms with Gasteiger partial charge in [0.25, 0.3) is 5.91 Å². The zero-order valence-corrected chi connectivity index (χ0v) is 12.4. The highest BCUT2D eigenvalue weighted by Gasteiger charge is 2.19. The third-order valence-electron chi connectivity index (χ3n) is 3.88. The van der Waals surface area contributed by atoms with Crippen LogP contribution in [0.4, 0.5) is 4.39 Å². The summed E-state index contributed by atoms with van der Waals surface area (Å²) in [6.45, 7) is 5.98. The molecule has 3 nitrogen and oxygen atoms in total. The smallest absolute Gasteiger partial charge is 0.254 e. The van der Waals surface area contributed by atoms with Crippen molar-refractivity contribution in [2.75, 3.05) is 26.2 Å². The van der Waals surface area contributed by atoms with Crippen LogP contribution in [0.1, 0.15) is 30.1 Å². The highest BCUT2D eigenvalue weighted by atomic mass is 35.5. The molecule has 0 aliphatic carbocycles. The fourth-order valence-electron chi connectivity index (χ4n) is 2.51. The summed E-state index contributed by atoms with van der Waals surface area (Å²) in [6, 6.07) is 4.02. The Balaban J connectivity index is 1.85. The van der Waals surface area contributed by atoms with Gasteiger partial charge in [-0.1, -0.05) is 18.5 Å². The van der Waals surface area contributed by atoms with Crippen LogP contribution in [0.25, 0.3) is 0 Å². The van der Waals surface area contributed by atoms with Gasteiger partial charge in [0, 0.05) is 11.6 Å². The largest absolute Gasteiger partial charge is 0.352 e. The Morgan fingerprint density at radius 1 is 1.45 bits per heavy atom. The first-order valence-electron chi connectivity index (χ1n) is 7.05. The number of halogens is 2. The molecule has 0 saturated carbocycles. The first-order chi connectivity index (χ1) is 9.60. The lowest BCUT2D eigenvalue weighted by Gasteiger charge is -2.31. The summed E-state index contributed by atoms with van der Waals surface area (Å²) in [6.07, 6.45) is 2.15. The second-order valence-corrected chi connectivity index (χ2v) is 5.65. The number of rotatable bonds is 4. The number of nitrogens with one attached hydrogen (secondary N) is 1. The second-order valence-electron chi connectivity index (χ2n) is 5.21. The molecule has 2 rings (SSSR count). The van der Waals surface area contributed by atoms with Gasteiger partial charge in [0.1, 0.15) is 5.82 Å². The number of piperidine rings is 1. The number of carbonyl (C=O) groups is 1. The van der Waals surface area contributed by atoms with E-state index >= 15 is 0 Å². The van der Waals surface area contributed by atoms with E-state index in [2.05, 4.69) is 17.1 Å². The van der Waals surface area contributed by atoms with Gasteiger partial charge in [0.05, 0.1) is 5.56 Å². The van der Waals surface area contributed by atoms with Gasteiger partial charge in [-0.2, -0.15) is 0 Å². The van der Waals surface area contributed by atoms with E-state index in [9.17, 15) is 9.18 Å². The van der Waals surface area contributed by atoms with Gasteiger partial charge in [-0.05, 0) is 56.6 Å². The Morgan fingerprint density at radius 3 is 2.80 bits per heavy atom. The molecule has 1 aliphatic rings. The number of benzene rings is 1. The van der Waals surface area contributed by atoms with E-state index in [1.54, 1.807) is 0 Å². The lowest BCUT2D eigenvalue weighted by atomic mass is 9.96. The molecule has 0 atom stereocenters. The van der Waals surface area contributed by atoms with Gasteiger partial charge < -0.3 is 10.2 Å². The molecule has 1 fully saturated rings. The minimum Gasteiger partial charge on any atom is -0.352 e. The van der Waals surface area contributed by atoms with Crippen LogP contribution in [-0.2, 0) is 0 Å². The molecule has 1 amide bonds. The predicted octanol–water partition coefficient (Wildman–Crippen LogP) is 2.94. The lowest BCUT2D eigenvalue weighted by Crippen LogP contribution is -2.38. The number of hydrogen-bond donors (Lipinski definition) is 1. The normalized spacial score (nSPS) is 17.1. The maximum absolute atomic E-state index is 13.6. The van der Waals surface area contributed by atoms with Crippen molar-refractivity contribution >= 4 is 17.5 Å². The van der Waals surface area contributed by atoms with Crippen LogP contribution in [0, 0.1) is 11.7 Å². The molecule has 5 heteroatoms. The van der Waals surface area contributed by atoms with E-state index in [1.807, 2.05) is 0 Å². The maximum atomic E-state index is 13.6. The third-order valence-corrected chi connectivity index (χ3v) is 4.11. The number of nitrogens with zero attached hydrogens (tertiary/aromatic N) is 1. The van der Waals surface area contributed by atoms with E-state index < -0.39 is 5.82 Å².